The lowest BCUT2D eigenvalue weighted by Crippen LogP contribution is -2.38. The zero-order valence-corrected chi connectivity index (χ0v) is 17.4. The molecular formula is C21H24N2O5S. The quantitative estimate of drug-likeness (QED) is 0.662. The highest BCUT2D eigenvalue weighted by Gasteiger charge is 2.34. The number of aliphatic hydroxyl groups excluding tert-OH is 1. The van der Waals surface area contributed by atoms with Crippen molar-refractivity contribution in [2.45, 2.75) is 24.8 Å². The first-order valence-corrected chi connectivity index (χ1v) is 10.5. The van der Waals surface area contributed by atoms with Crippen molar-refractivity contribution in [2.24, 2.45) is 5.92 Å². The van der Waals surface area contributed by atoms with Crippen LogP contribution in [0.1, 0.15) is 29.7 Å². The van der Waals surface area contributed by atoms with Crippen molar-refractivity contribution in [3.8, 4) is 6.07 Å². The number of ether oxygens (including phenoxy) is 1. The fourth-order valence-corrected chi connectivity index (χ4v) is 4.00. The lowest BCUT2D eigenvalue weighted by molar-refractivity contribution is -0.152. The third-order valence-electron chi connectivity index (χ3n) is 4.53. The smallest absolute Gasteiger partial charge is 0.313 e. The van der Waals surface area contributed by atoms with Gasteiger partial charge in [-0.25, -0.2) is 8.42 Å². The predicted octanol–water partition coefficient (Wildman–Crippen LogP) is 2.40. The molecule has 0 aliphatic rings. The molecule has 0 unspecified atom stereocenters. The first kappa shape index (κ1) is 22.6. The molecule has 0 saturated carbocycles. The second-order valence-electron chi connectivity index (χ2n) is 6.64. The van der Waals surface area contributed by atoms with E-state index in [0.29, 0.717) is 11.1 Å². The molecule has 0 fully saturated rings. The number of carbonyl (C=O) groups is 1. The lowest BCUT2D eigenvalue weighted by atomic mass is 9.95. The topological polar surface area (TPSA) is 108 Å². The van der Waals surface area contributed by atoms with Crippen LogP contribution in [0.15, 0.2) is 53.4 Å². The van der Waals surface area contributed by atoms with E-state index in [4.69, 9.17) is 10.00 Å². The summed E-state index contributed by atoms with van der Waals surface area (Å²) in [6.07, 6.45) is -1.29. The Bertz CT molecular complexity index is 979. The van der Waals surface area contributed by atoms with Gasteiger partial charge in [0.15, 0.2) is 0 Å². The van der Waals surface area contributed by atoms with Gasteiger partial charge in [0.1, 0.15) is 5.92 Å². The van der Waals surface area contributed by atoms with Crippen molar-refractivity contribution in [2.75, 3.05) is 20.2 Å². The minimum atomic E-state index is -3.85. The third-order valence-corrected chi connectivity index (χ3v) is 6.37. The van der Waals surface area contributed by atoms with Gasteiger partial charge >= 0.3 is 5.97 Å². The van der Waals surface area contributed by atoms with Crippen LogP contribution in [0.4, 0.5) is 0 Å². The summed E-state index contributed by atoms with van der Waals surface area (Å²) >= 11 is 0. The molecule has 0 amide bonds. The van der Waals surface area contributed by atoms with Crippen molar-refractivity contribution < 1.29 is 23.1 Å². The van der Waals surface area contributed by atoms with E-state index >= 15 is 0 Å². The Morgan fingerprint density at radius 1 is 1.17 bits per heavy atom. The van der Waals surface area contributed by atoms with Gasteiger partial charge in [-0.2, -0.15) is 9.57 Å². The number of carbonyl (C=O) groups excluding carboxylic acids is 1. The van der Waals surface area contributed by atoms with Gasteiger partial charge in [0.05, 0.1) is 29.2 Å². The molecule has 2 rings (SSSR count). The number of sulfonamides is 1. The standard InChI is InChI=1S/C21H24N2O5S/c1-4-28-21(25)19(20(24)17-9-7-16(13-22)8-10-17)14-23(3)29(26,27)18-11-5-15(2)6-12-18/h5-12,19-20,24H,4,14H2,1-3H3/t19-,20+/m0/s1. The molecule has 8 heteroatoms. The number of nitriles is 1. The van der Waals surface area contributed by atoms with E-state index in [1.54, 1.807) is 19.1 Å². The fraction of sp³-hybridized carbons (Fsp3) is 0.333. The molecular weight excluding hydrogens is 392 g/mol. The van der Waals surface area contributed by atoms with Gasteiger partial charge in [0, 0.05) is 13.6 Å². The van der Waals surface area contributed by atoms with E-state index in [-0.39, 0.29) is 18.0 Å². The van der Waals surface area contributed by atoms with Crippen molar-refractivity contribution >= 4 is 16.0 Å². The molecule has 0 heterocycles. The van der Waals surface area contributed by atoms with Crippen LogP contribution in [0, 0.1) is 24.2 Å². The Kier molecular flexibility index (Phi) is 7.51. The fourth-order valence-electron chi connectivity index (χ4n) is 2.81. The predicted molar refractivity (Wildman–Crippen MR) is 107 cm³/mol. The normalized spacial score (nSPS) is 13.5. The molecule has 2 aromatic carbocycles. The van der Waals surface area contributed by atoms with Gasteiger partial charge in [-0.05, 0) is 43.7 Å². The SMILES string of the molecule is CCOC(=O)[C@@H](CN(C)S(=O)(=O)c1ccc(C)cc1)[C@H](O)c1ccc(C#N)cc1. The van der Waals surface area contributed by atoms with E-state index in [1.165, 1.54) is 43.4 Å². The van der Waals surface area contributed by atoms with Gasteiger partial charge < -0.3 is 9.84 Å². The molecule has 2 atom stereocenters. The minimum Gasteiger partial charge on any atom is -0.466 e. The number of nitrogens with zero attached hydrogens (tertiary/aromatic N) is 2. The molecule has 0 saturated heterocycles. The number of aliphatic hydroxyl groups is 1. The van der Waals surface area contributed by atoms with Crippen LogP contribution in [-0.4, -0.2) is 44.0 Å². The van der Waals surface area contributed by atoms with Crippen molar-refractivity contribution in [1.82, 2.24) is 4.31 Å². The second kappa shape index (κ2) is 9.65. The maximum absolute atomic E-state index is 12.9. The summed E-state index contributed by atoms with van der Waals surface area (Å²) in [5.41, 5.74) is 1.73. The van der Waals surface area contributed by atoms with Crippen LogP contribution in [-0.2, 0) is 19.6 Å². The molecule has 154 valence electrons. The van der Waals surface area contributed by atoms with Crippen molar-refractivity contribution in [3.63, 3.8) is 0 Å². The molecule has 0 spiro atoms. The summed E-state index contributed by atoms with van der Waals surface area (Å²) in [7, 11) is -2.50. The molecule has 0 aliphatic carbocycles. The van der Waals surface area contributed by atoms with Crippen LogP contribution >= 0.6 is 0 Å². The average molecular weight is 416 g/mol. The maximum Gasteiger partial charge on any atom is 0.313 e. The van der Waals surface area contributed by atoms with E-state index in [1.807, 2.05) is 13.0 Å². The molecule has 7 nitrogen and oxygen atoms in total. The zero-order chi connectivity index (χ0) is 21.6. The highest BCUT2D eigenvalue weighted by Crippen LogP contribution is 2.26. The molecule has 0 bridgehead atoms. The number of benzene rings is 2. The first-order valence-electron chi connectivity index (χ1n) is 9.08. The largest absolute Gasteiger partial charge is 0.466 e. The highest BCUT2D eigenvalue weighted by molar-refractivity contribution is 7.89. The molecule has 0 aliphatic heterocycles. The van der Waals surface area contributed by atoms with Crippen molar-refractivity contribution in [1.29, 1.82) is 5.26 Å². The number of rotatable bonds is 8. The number of hydrogen-bond acceptors (Lipinski definition) is 6. The Hall–Kier alpha value is -2.73. The van der Waals surface area contributed by atoms with E-state index in [2.05, 4.69) is 0 Å². The van der Waals surface area contributed by atoms with E-state index in [9.17, 15) is 18.3 Å². The van der Waals surface area contributed by atoms with E-state index in [0.717, 1.165) is 9.87 Å². The Balaban J connectivity index is 2.30. The van der Waals surface area contributed by atoms with Gasteiger partial charge in [0.25, 0.3) is 0 Å². The van der Waals surface area contributed by atoms with E-state index < -0.39 is 28.0 Å². The van der Waals surface area contributed by atoms with Gasteiger partial charge in [0.2, 0.25) is 10.0 Å². The number of hydrogen-bond donors (Lipinski definition) is 1. The van der Waals surface area contributed by atoms with Gasteiger partial charge in [-0.15, -0.1) is 0 Å². The number of aryl methyl sites for hydroxylation is 1. The summed E-state index contributed by atoms with van der Waals surface area (Å²) in [5, 5.41) is 19.7. The summed E-state index contributed by atoms with van der Waals surface area (Å²) < 4.78 is 31.8. The summed E-state index contributed by atoms with van der Waals surface area (Å²) in [6.45, 7) is 3.32. The Labute approximate surface area is 171 Å². The summed E-state index contributed by atoms with van der Waals surface area (Å²) in [4.78, 5) is 12.6. The first-order chi connectivity index (χ1) is 13.7. The second-order valence-corrected chi connectivity index (χ2v) is 8.68. The molecule has 1 N–H and O–H groups in total. The van der Waals surface area contributed by atoms with Gasteiger partial charge in [-0.1, -0.05) is 29.8 Å². The van der Waals surface area contributed by atoms with Crippen LogP contribution < -0.4 is 0 Å². The molecule has 0 radical (unpaired) electrons. The van der Waals surface area contributed by atoms with Crippen LogP contribution in [0.25, 0.3) is 0 Å². The van der Waals surface area contributed by atoms with Gasteiger partial charge in [-0.3, -0.25) is 4.79 Å². The third kappa shape index (κ3) is 5.41. The molecule has 29 heavy (non-hydrogen) atoms. The van der Waals surface area contributed by atoms with Crippen molar-refractivity contribution in [3.05, 3.63) is 65.2 Å². The molecule has 2 aromatic rings. The Morgan fingerprint density at radius 2 is 1.76 bits per heavy atom. The lowest BCUT2D eigenvalue weighted by Gasteiger charge is -2.26. The summed E-state index contributed by atoms with van der Waals surface area (Å²) in [5.74, 6) is -1.83. The minimum absolute atomic E-state index is 0.0982. The Morgan fingerprint density at radius 3 is 2.28 bits per heavy atom. The molecule has 0 aromatic heterocycles. The van der Waals surface area contributed by atoms with Crippen LogP contribution in [0.5, 0.6) is 0 Å². The average Bonchev–Trinajstić information content (AvgIpc) is 2.71. The zero-order valence-electron chi connectivity index (χ0n) is 16.6. The number of esters is 1. The van der Waals surface area contributed by atoms with Crippen LogP contribution in [0.2, 0.25) is 0 Å². The summed E-state index contributed by atoms with van der Waals surface area (Å²) in [6, 6.07) is 14.5. The monoisotopic (exact) mass is 416 g/mol. The highest BCUT2D eigenvalue weighted by atomic mass is 32.2. The van der Waals surface area contributed by atoms with Crippen LogP contribution in [0.3, 0.4) is 0 Å². The maximum atomic E-state index is 12.9.